The van der Waals surface area contributed by atoms with Gasteiger partial charge in [0.25, 0.3) is 0 Å². The summed E-state index contributed by atoms with van der Waals surface area (Å²) in [7, 11) is 3.14. The second-order valence-electron chi connectivity index (χ2n) is 26.4. The van der Waals surface area contributed by atoms with Crippen molar-refractivity contribution in [2.24, 2.45) is 53.0 Å². The molecule has 0 amide bonds. The van der Waals surface area contributed by atoms with Gasteiger partial charge >= 0.3 is 0 Å². The summed E-state index contributed by atoms with van der Waals surface area (Å²) in [5, 5.41) is 42.0. The van der Waals surface area contributed by atoms with Gasteiger partial charge in [-0.05, 0) is 72.9 Å². The Balaban J connectivity index is 0.000000129. The number of anilines is 3. The van der Waals surface area contributed by atoms with E-state index in [-0.39, 0.29) is 18.0 Å². The van der Waals surface area contributed by atoms with E-state index in [1.807, 2.05) is 162 Å². The van der Waals surface area contributed by atoms with E-state index in [0.717, 1.165) is 139 Å². The third-order valence-electron chi connectivity index (χ3n) is 18.4. The van der Waals surface area contributed by atoms with E-state index in [4.69, 9.17) is 19.9 Å². The standard InChI is InChI=1S/C24H28N8O2S.C24H26N8.C22H24N8O2S2/c1-31-14-18(11-26-31)16-5-4-6-17(9-16)23-25-13-22(19-12-27-32(2)15-19)24(29-23)28-20-7-8-21(10-20)30-35(3,33)34;1-30-12-20(9-27-30)16-4-3-5-17(6-16)23-26-11-22(21-10-28-31(2)13-21)24(29-23)32-14-18-7-25-8-19(18)15-32;1-14-27-28-22(33-14)19-10-24-20(17-6-4-5-16(7-17)18-9-25-29(2)13-18)26-21(19)23-8-15-11-30(12-15)34(3,31)32/h4-6,9,11-15,20-21,30H,7-8,10H2,1-3H3,(H,25,28,29);3-6,9-13,18-19,25H,7-8,14-15H2,1-2H3;4-7,9-10,13,15H,8,11-12H2,1-3H3,(H,23,24,26)/t20-,21-;;/m0../s1. The maximum atomic E-state index is 11.7. The van der Waals surface area contributed by atoms with Gasteiger partial charge in [-0.25, -0.2) is 55.8 Å². The molecule has 3 aromatic carbocycles. The molecule has 3 aliphatic heterocycles. The molecule has 3 saturated heterocycles. The Morgan fingerprint density at radius 3 is 1.42 bits per heavy atom. The first-order valence-electron chi connectivity index (χ1n) is 33.2. The molecule has 0 spiro atoms. The number of aromatic nitrogens is 18. The molecule has 1 aliphatic carbocycles. The molecule has 16 rings (SSSR count). The van der Waals surface area contributed by atoms with Gasteiger partial charge in [0.2, 0.25) is 20.0 Å². The monoisotopic (exact) mass is 1410 g/mol. The number of fused-ring (bicyclic) bond motifs is 1. The Morgan fingerprint density at radius 2 is 0.950 bits per heavy atom. The Hall–Kier alpha value is -10.3. The Labute approximate surface area is 589 Å². The lowest BCUT2D eigenvalue weighted by molar-refractivity contribution is 0.213. The lowest BCUT2D eigenvalue weighted by atomic mass is 10.0. The number of hydrogen-bond donors (Lipinski definition) is 4. The zero-order chi connectivity index (χ0) is 70.1. The van der Waals surface area contributed by atoms with Crippen LogP contribution in [0.1, 0.15) is 24.3 Å². The summed E-state index contributed by atoms with van der Waals surface area (Å²) < 4.78 is 59.8. The predicted octanol–water partition coefficient (Wildman–Crippen LogP) is 8.10. The zero-order valence-electron chi connectivity index (χ0n) is 57.2. The fourth-order valence-electron chi connectivity index (χ4n) is 13.3. The molecule has 0 bridgehead atoms. The lowest BCUT2D eigenvalue weighted by Crippen LogP contribution is -2.51. The maximum absolute atomic E-state index is 11.7. The average Bonchev–Trinajstić information content (AvgIpc) is 1.66. The van der Waals surface area contributed by atoms with Gasteiger partial charge in [0, 0.05) is 204 Å². The van der Waals surface area contributed by atoms with Gasteiger partial charge in [-0.15, -0.1) is 10.2 Å². The second-order valence-corrected chi connectivity index (χ2v) is 31.3. The molecule has 9 aromatic heterocycles. The van der Waals surface area contributed by atoms with E-state index >= 15 is 0 Å². The molecule has 520 valence electrons. The molecule has 2 unspecified atom stereocenters. The lowest BCUT2D eigenvalue weighted by Gasteiger charge is -2.37. The molecule has 4 atom stereocenters. The van der Waals surface area contributed by atoms with E-state index in [2.05, 4.69) is 102 Å². The molecular formula is C70H78N24O4S3. The van der Waals surface area contributed by atoms with E-state index in [9.17, 15) is 16.8 Å². The van der Waals surface area contributed by atoms with Crippen molar-refractivity contribution in [3.05, 3.63) is 158 Å². The van der Waals surface area contributed by atoms with Crippen LogP contribution in [0.4, 0.5) is 17.5 Å². The molecule has 4 N–H and O–H groups in total. The highest BCUT2D eigenvalue weighted by atomic mass is 32.2. The van der Waals surface area contributed by atoms with Crippen LogP contribution in [0, 0.1) is 24.7 Å². The first-order chi connectivity index (χ1) is 48.6. The van der Waals surface area contributed by atoms with Crippen LogP contribution >= 0.6 is 11.3 Å². The zero-order valence-corrected chi connectivity index (χ0v) is 59.6. The second kappa shape index (κ2) is 28.7. The van der Waals surface area contributed by atoms with Crippen LogP contribution in [0.3, 0.4) is 0 Å². The summed E-state index contributed by atoms with van der Waals surface area (Å²) in [5.41, 5.74) is 13.7. The quantitative estimate of drug-likeness (QED) is 0.0630. The minimum Gasteiger partial charge on any atom is -0.369 e. The van der Waals surface area contributed by atoms with Crippen LogP contribution in [0.5, 0.6) is 0 Å². The van der Waals surface area contributed by atoms with Gasteiger partial charge < -0.3 is 20.9 Å². The minimum atomic E-state index is -3.24. The van der Waals surface area contributed by atoms with E-state index in [0.29, 0.717) is 61.2 Å². The van der Waals surface area contributed by atoms with Crippen LogP contribution in [0.15, 0.2) is 153 Å². The van der Waals surface area contributed by atoms with Crippen molar-refractivity contribution in [2.45, 2.75) is 38.3 Å². The smallest absolute Gasteiger partial charge is 0.211 e. The SMILES string of the molecule is Cc1nnc(-c2cnc(-c3cccc(-c4cnn(C)c4)c3)nc2NCC2CN(S(C)(=O)=O)C2)s1.Cn1cc(-c2cccc(-c3ncc(-c4cnn(C)c4)c(N4CC5CNCC5C4)n3)c2)cn1.Cn1cc(-c2cccc(-c3ncc(-c4cnn(C)c4)c(N[C@H]4CC[C@H](NS(C)(=O)=O)C4)n3)c2)cn1. The normalized spacial score (nSPS) is 17.6. The number of nitrogens with one attached hydrogen (secondary N) is 4. The van der Waals surface area contributed by atoms with E-state index < -0.39 is 20.0 Å². The average molecular weight is 1420 g/mol. The molecule has 4 aliphatic rings. The third-order valence-corrected chi connectivity index (χ3v) is 21.3. The van der Waals surface area contributed by atoms with Crippen LogP contribution in [-0.2, 0) is 55.3 Å². The maximum Gasteiger partial charge on any atom is 0.211 e. The fourth-order valence-corrected chi connectivity index (χ4v) is 15.8. The highest BCUT2D eigenvalue weighted by Crippen LogP contribution is 2.39. The Morgan fingerprint density at radius 1 is 0.505 bits per heavy atom. The summed E-state index contributed by atoms with van der Waals surface area (Å²) in [5.74, 6) is 5.89. The molecule has 1 saturated carbocycles. The topological polar surface area (TPSA) is 315 Å². The number of sulfonamides is 2. The summed E-state index contributed by atoms with van der Waals surface area (Å²) in [6.07, 6.45) is 29.4. The molecule has 12 aromatic rings. The Kier molecular flexibility index (Phi) is 19.3. The summed E-state index contributed by atoms with van der Waals surface area (Å²) >= 11 is 1.48. The van der Waals surface area contributed by atoms with Gasteiger partial charge in [-0.1, -0.05) is 65.9 Å². The highest BCUT2D eigenvalue weighted by Gasteiger charge is 2.38. The van der Waals surface area contributed by atoms with Crippen molar-refractivity contribution in [2.75, 3.05) is 73.9 Å². The largest absolute Gasteiger partial charge is 0.369 e. The summed E-state index contributed by atoms with van der Waals surface area (Å²) in [6, 6.07) is 24.5. The van der Waals surface area contributed by atoms with Gasteiger partial charge in [0.1, 0.15) is 22.5 Å². The van der Waals surface area contributed by atoms with Crippen molar-refractivity contribution in [3.63, 3.8) is 0 Å². The van der Waals surface area contributed by atoms with E-state index in [1.165, 1.54) is 28.2 Å². The van der Waals surface area contributed by atoms with Crippen LogP contribution in [0.2, 0.25) is 0 Å². The predicted molar refractivity (Wildman–Crippen MR) is 391 cm³/mol. The van der Waals surface area contributed by atoms with Gasteiger partial charge in [0.05, 0.1) is 49.1 Å². The van der Waals surface area contributed by atoms with Crippen LogP contribution in [0.25, 0.3) is 100 Å². The first kappa shape index (κ1) is 67.9. The number of aryl methyl sites for hydroxylation is 6. The van der Waals surface area contributed by atoms with Crippen molar-refractivity contribution < 1.29 is 16.8 Å². The molecule has 28 nitrogen and oxygen atoms in total. The molecule has 101 heavy (non-hydrogen) atoms. The molecule has 4 fully saturated rings. The van der Waals surface area contributed by atoms with E-state index in [1.54, 1.807) is 26.4 Å². The Bertz CT molecular complexity index is 5180. The van der Waals surface area contributed by atoms with Gasteiger partial charge in [0.15, 0.2) is 22.5 Å². The first-order valence-corrected chi connectivity index (χ1v) is 37.8. The highest BCUT2D eigenvalue weighted by molar-refractivity contribution is 7.88. The van der Waals surface area contributed by atoms with Crippen LogP contribution < -0.4 is 25.6 Å². The minimum absolute atomic E-state index is 0.0817. The van der Waals surface area contributed by atoms with Crippen molar-refractivity contribution >= 4 is 48.8 Å². The summed E-state index contributed by atoms with van der Waals surface area (Å²) in [6.45, 7) is 7.75. The molecule has 0 radical (unpaired) electrons. The van der Waals surface area contributed by atoms with Crippen molar-refractivity contribution in [1.29, 1.82) is 0 Å². The summed E-state index contributed by atoms with van der Waals surface area (Å²) in [4.78, 5) is 31.4. The number of benzene rings is 3. The van der Waals surface area contributed by atoms with Crippen LogP contribution in [-0.4, -0.2) is 181 Å². The molecule has 12 heterocycles. The number of hydrogen-bond acceptors (Lipinski definition) is 22. The fraction of sp³-hybridized carbons (Fsp3) is 0.329. The molecule has 31 heteroatoms. The number of rotatable bonds is 18. The van der Waals surface area contributed by atoms with Crippen molar-refractivity contribution in [3.8, 4) is 100 Å². The number of nitrogens with zero attached hydrogens (tertiary/aromatic N) is 20. The van der Waals surface area contributed by atoms with Crippen molar-refractivity contribution in [1.82, 2.24) is 103 Å². The van der Waals surface area contributed by atoms with Gasteiger partial charge in [-0.3, -0.25) is 23.4 Å². The molecular weight excluding hydrogens is 1340 g/mol. The van der Waals surface area contributed by atoms with Gasteiger partial charge in [-0.2, -0.15) is 25.5 Å². The third kappa shape index (κ3) is 16.0.